The second-order valence-electron chi connectivity index (χ2n) is 4.64. The highest BCUT2D eigenvalue weighted by atomic mass is 32.1. The van der Waals surface area contributed by atoms with Crippen molar-refractivity contribution in [2.45, 2.75) is 20.3 Å². The zero-order valence-electron chi connectivity index (χ0n) is 12.7. The summed E-state index contributed by atoms with van der Waals surface area (Å²) < 4.78 is 0. The van der Waals surface area contributed by atoms with E-state index in [-0.39, 0.29) is 24.9 Å². The summed E-state index contributed by atoms with van der Waals surface area (Å²) in [5.74, 6) is 5.41. The molecule has 21 heavy (non-hydrogen) atoms. The number of hydrogen-bond donors (Lipinski definition) is 2. The van der Waals surface area contributed by atoms with Gasteiger partial charge >= 0.3 is 0 Å². The molecule has 1 aromatic heterocycles. The first-order valence-corrected chi connectivity index (χ1v) is 7.62. The quantitative estimate of drug-likeness (QED) is 0.796. The first-order chi connectivity index (χ1) is 9.99. The van der Waals surface area contributed by atoms with Crippen molar-refractivity contribution in [2.75, 3.05) is 26.7 Å². The smallest absolute Gasteiger partial charge is 0.264 e. The van der Waals surface area contributed by atoms with Gasteiger partial charge in [-0.3, -0.25) is 9.59 Å². The Bertz CT molecular complexity index is 569. The van der Waals surface area contributed by atoms with Crippen molar-refractivity contribution >= 4 is 23.2 Å². The minimum absolute atomic E-state index is 0.0552. The second kappa shape index (κ2) is 8.45. The molecule has 0 fully saturated rings. The lowest BCUT2D eigenvalue weighted by Crippen LogP contribution is -2.38. The maximum atomic E-state index is 12.3. The summed E-state index contributed by atoms with van der Waals surface area (Å²) in [7, 11) is 1.62. The second-order valence-corrected chi connectivity index (χ2v) is 5.69. The molecule has 1 aromatic rings. The van der Waals surface area contributed by atoms with Crippen molar-refractivity contribution in [1.82, 2.24) is 10.2 Å². The molecule has 1 heterocycles. The van der Waals surface area contributed by atoms with Gasteiger partial charge in [-0.15, -0.1) is 11.3 Å². The molecule has 0 saturated carbocycles. The van der Waals surface area contributed by atoms with Crippen molar-refractivity contribution < 1.29 is 9.59 Å². The number of carbonyl (C=O) groups is 2. The van der Waals surface area contributed by atoms with E-state index in [2.05, 4.69) is 17.2 Å². The number of nitrogens with one attached hydrogen (secondary N) is 1. The molecule has 5 nitrogen and oxygen atoms in total. The molecule has 0 atom stereocenters. The molecule has 0 spiro atoms. The van der Waals surface area contributed by atoms with Gasteiger partial charge in [0.25, 0.3) is 5.91 Å². The molecule has 0 saturated heterocycles. The van der Waals surface area contributed by atoms with Crippen LogP contribution in [0.4, 0.5) is 0 Å². The van der Waals surface area contributed by atoms with Crippen molar-refractivity contribution in [2.24, 2.45) is 5.73 Å². The van der Waals surface area contributed by atoms with Crippen molar-refractivity contribution in [3.63, 3.8) is 0 Å². The van der Waals surface area contributed by atoms with Crippen LogP contribution in [0.2, 0.25) is 0 Å². The lowest BCUT2D eigenvalue weighted by Gasteiger charge is -2.15. The topological polar surface area (TPSA) is 75.4 Å². The number of amides is 2. The summed E-state index contributed by atoms with van der Waals surface area (Å²) in [5.41, 5.74) is 6.30. The van der Waals surface area contributed by atoms with Crippen LogP contribution in [0.1, 0.15) is 33.5 Å². The van der Waals surface area contributed by atoms with Gasteiger partial charge in [-0.25, -0.2) is 0 Å². The summed E-state index contributed by atoms with van der Waals surface area (Å²) in [4.78, 5) is 26.7. The van der Waals surface area contributed by atoms with Crippen molar-refractivity contribution in [1.29, 1.82) is 0 Å². The number of likely N-dealkylation sites (N-methyl/N-ethyl adjacent to an activating group) is 1. The average Bonchev–Trinajstić information content (AvgIpc) is 2.83. The van der Waals surface area contributed by atoms with Gasteiger partial charge in [0.1, 0.15) is 0 Å². The summed E-state index contributed by atoms with van der Waals surface area (Å²) in [5, 5.41) is 2.75. The third-order valence-electron chi connectivity index (χ3n) is 2.73. The van der Waals surface area contributed by atoms with Crippen LogP contribution in [0, 0.1) is 18.8 Å². The minimum Gasteiger partial charge on any atom is -0.355 e. The van der Waals surface area contributed by atoms with E-state index in [9.17, 15) is 9.59 Å². The molecule has 0 aliphatic heterocycles. The Hall–Kier alpha value is -1.84. The fourth-order valence-corrected chi connectivity index (χ4v) is 2.68. The van der Waals surface area contributed by atoms with E-state index in [1.807, 2.05) is 13.8 Å². The van der Waals surface area contributed by atoms with E-state index in [0.29, 0.717) is 11.4 Å². The molecule has 114 valence electrons. The average molecular weight is 307 g/mol. The summed E-state index contributed by atoms with van der Waals surface area (Å²) in [6.07, 6.45) is 0.872. The molecule has 0 radical (unpaired) electrons. The monoisotopic (exact) mass is 307 g/mol. The van der Waals surface area contributed by atoms with Gasteiger partial charge in [-0.05, 0) is 25.0 Å². The van der Waals surface area contributed by atoms with E-state index in [4.69, 9.17) is 5.73 Å². The largest absolute Gasteiger partial charge is 0.355 e. The molecule has 0 aliphatic rings. The maximum Gasteiger partial charge on any atom is 0.264 e. The zero-order valence-corrected chi connectivity index (χ0v) is 13.5. The Morgan fingerprint density at radius 3 is 2.81 bits per heavy atom. The van der Waals surface area contributed by atoms with Crippen LogP contribution in [0.3, 0.4) is 0 Å². The number of nitrogens with zero attached hydrogens (tertiary/aromatic N) is 1. The molecular weight excluding hydrogens is 286 g/mol. The van der Waals surface area contributed by atoms with Crippen molar-refractivity contribution in [3.05, 3.63) is 21.4 Å². The normalized spacial score (nSPS) is 9.71. The zero-order chi connectivity index (χ0) is 15.8. The number of thiophene rings is 1. The predicted molar refractivity (Wildman–Crippen MR) is 85.2 cm³/mol. The standard InChI is InChI=1S/C15H21N3O2S/c1-4-8-17-14(19)10-18(3)15(20)13-9-11(2)12(21-13)6-5-7-16/h9H,4,7-8,10,16H2,1-3H3,(H,17,19). The van der Waals surface area contributed by atoms with Crippen LogP contribution >= 0.6 is 11.3 Å². The molecule has 6 heteroatoms. The molecule has 2 amide bonds. The number of nitrogens with two attached hydrogens (primary N) is 1. The van der Waals surface area contributed by atoms with Crippen LogP contribution in [0.5, 0.6) is 0 Å². The first kappa shape index (κ1) is 17.2. The Labute approximate surface area is 129 Å². The van der Waals surface area contributed by atoms with Crippen LogP contribution in [-0.2, 0) is 4.79 Å². The van der Waals surface area contributed by atoms with Gasteiger partial charge in [-0.1, -0.05) is 18.8 Å². The predicted octanol–water partition coefficient (Wildman–Crippen LogP) is 0.965. The summed E-state index contributed by atoms with van der Waals surface area (Å²) >= 11 is 1.33. The van der Waals surface area contributed by atoms with E-state index < -0.39 is 0 Å². The van der Waals surface area contributed by atoms with Crippen LogP contribution < -0.4 is 11.1 Å². The fourth-order valence-electron chi connectivity index (χ4n) is 1.64. The highest BCUT2D eigenvalue weighted by Gasteiger charge is 2.17. The van der Waals surface area contributed by atoms with E-state index in [1.165, 1.54) is 16.2 Å². The molecule has 0 aliphatic carbocycles. The van der Waals surface area contributed by atoms with Gasteiger partial charge in [-0.2, -0.15) is 0 Å². The van der Waals surface area contributed by atoms with E-state index in [0.717, 1.165) is 16.9 Å². The maximum absolute atomic E-state index is 12.3. The third-order valence-corrected chi connectivity index (χ3v) is 3.87. The third kappa shape index (κ3) is 5.21. The summed E-state index contributed by atoms with van der Waals surface area (Å²) in [6, 6.07) is 1.80. The van der Waals surface area contributed by atoms with Crippen LogP contribution in [0.15, 0.2) is 6.07 Å². The van der Waals surface area contributed by atoms with Gasteiger partial charge in [0.2, 0.25) is 5.91 Å². The number of rotatable bonds is 5. The first-order valence-electron chi connectivity index (χ1n) is 6.81. The van der Waals surface area contributed by atoms with Gasteiger partial charge < -0.3 is 16.0 Å². The molecule has 0 aromatic carbocycles. The Balaban J connectivity index is 2.72. The SMILES string of the molecule is CCCNC(=O)CN(C)C(=O)c1cc(C)c(C#CCN)s1. The molecule has 3 N–H and O–H groups in total. The Morgan fingerprint density at radius 2 is 2.19 bits per heavy atom. The fraction of sp³-hybridized carbons (Fsp3) is 0.467. The Kier molecular flexibility index (Phi) is 6.92. The number of aryl methyl sites for hydroxylation is 1. The van der Waals surface area contributed by atoms with Crippen molar-refractivity contribution in [3.8, 4) is 11.8 Å². The van der Waals surface area contributed by atoms with Crippen LogP contribution in [0.25, 0.3) is 0 Å². The van der Waals surface area contributed by atoms with Gasteiger partial charge in [0, 0.05) is 13.6 Å². The molecule has 0 unspecified atom stereocenters. The lowest BCUT2D eigenvalue weighted by atomic mass is 10.2. The molecule has 0 bridgehead atoms. The van der Waals surface area contributed by atoms with Gasteiger partial charge in [0.05, 0.1) is 22.8 Å². The van der Waals surface area contributed by atoms with E-state index in [1.54, 1.807) is 13.1 Å². The highest BCUT2D eigenvalue weighted by Crippen LogP contribution is 2.22. The molecule has 1 rings (SSSR count). The van der Waals surface area contributed by atoms with Gasteiger partial charge in [0.15, 0.2) is 0 Å². The van der Waals surface area contributed by atoms with E-state index >= 15 is 0 Å². The van der Waals surface area contributed by atoms with Crippen LogP contribution in [-0.4, -0.2) is 43.4 Å². The highest BCUT2D eigenvalue weighted by molar-refractivity contribution is 7.14. The minimum atomic E-state index is -0.171. The number of carbonyl (C=O) groups excluding carboxylic acids is 2. The summed E-state index contributed by atoms with van der Waals surface area (Å²) in [6.45, 7) is 4.85. The Morgan fingerprint density at radius 1 is 1.48 bits per heavy atom. The molecular formula is C15H21N3O2S. The number of hydrogen-bond acceptors (Lipinski definition) is 4. The lowest BCUT2D eigenvalue weighted by molar-refractivity contribution is -0.121.